The van der Waals surface area contributed by atoms with E-state index in [0.29, 0.717) is 17.4 Å². The first-order chi connectivity index (χ1) is 12.7. The Kier molecular flexibility index (Phi) is 3.87. The standard InChI is InChI=1S/C21H21NO3S/c1-24-15-4-5-16-14(10-20(23)25-18(16)11-15)12-22-8-6-19-17(7-9-26-19)21(22)13-2-3-13/h4-5,7,9-11,13,21H,2-3,6,8,12H2,1H3/t21-/m0/s1. The van der Waals surface area contributed by atoms with Gasteiger partial charge in [-0.15, -0.1) is 11.3 Å². The van der Waals surface area contributed by atoms with E-state index in [1.165, 1.54) is 18.4 Å². The molecule has 5 rings (SSSR count). The summed E-state index contributed by atoms with van der Waals surface area (Å²) in [6, 6.07) is 10.2. The molecule has 3 aromatic rings. The number of fused-ring (bicyclic) bond motifs is 2. The molecule has 1 aliphatic heterocycles. The second-order valence-corrected chi connectivity index (χ2v) is 8.26. The lowest BCUT2D eigenvalue weighted by Crippen LogP contribution is -2.35. The Morgan fingerprint density at radius 3 is 2.96 bits per heavy atom. The largest absolute Gasteiger partial charge is 0.497 e. The normalized spacial score (nSPS) is 20.3. The van der Waals surface area contributed by atoms with Gasteiger partial charge in [0.1, 0.15) is 11.3 Å². The van der Waals surface area contributed by atoms with Gasteiger partial charge in [-0.2, -0.15) is 0 Å². The molecule has 1 atom stereocenters. The van der Waals surface area contributed by atoms with Crippen molar-refractivity contribution in [2.75, 3.05) is 13.7 Å². The molecule has 0 spiro atoms. The van der Waals surface area contributed by atoms with E-state index in [1.54, 1.807) is 24.1 Å². The van der Waals surface area contributed by atoms with Gasteiger partial charge in [-0.1, -0.05) is 0 Å². The number of benzene rings is 1. The number of hydrogen-bond donors (Lipinski definition) is 0. The molecule has 2 aromatic heterocycles. The molecule has 0 bridgehead atoms. The van der Waals surface area contributed by atoms with Gasteiger partial charge in [-0.3, -0.25) is 4.90 Å². The molecule has 0 N–H and O–H groups in total. The minimum Gasteiger partial charge on any atom is -0.497 e. The maximum absolute atomic E-state index is 12.1. The molecule has 0 saturated heterocycles. The van der Waals surface area contributed by atoms with Crippen molar-refractivity contribution in [2.45, 2.75) is 31.8 Å². The third-order valence-electron chi connectivity index (χ3n) is 5.60. The summed E-state index contributed by atoms with van der Waals surface area (Å²) >= 11 is 1.89. The van der Waals surface area contributed by atoms with Crippen molar-refractivity contribution in [1.29, 1.82) is 0 Å². The summed E-state index contributed by atoms with van der Waals surface area (Å²) in [7, 11) is 1.62. The van der Waals surface area contributed by atoms with Crippen LogP contribution >= 0.6 is 11.3 Å². The van der Waals surface area contributed by atoms with Gasteiger partial charge in [0.05, 0.1) is 7.11 Å². The van der Waals surface area contributed by atoms with Gasteiger partial charge in [-0.05, 0) is 59.9 Å². The van der Waals surface area contributed by atoms with Crippen molar-refractivity contribution < 1.29 is 9.15 Å². The van der Waals surface area contributed by atoms with Gasteiger partial charge >= 0.3 is 5.63 Å². The fourth-order valence-electron chi connectivity index (χ4n) is 4.23. The van der Waals surface area contributed by atoms with Gasteiger partial charge < -0.3 is 9.15 Å². The second kappa shape index (κ2) is 6.25. The van der Waals surface area contributed by atoms with Crippen LogP contribution in [-0.2, 0) is 13.0 Å². The summed E-state index contributed by atoms with van der Waals surface area (Å²) in [5, 5.41) is 3.22. The number of rotatable bonds is 4. The molecule has 4 nitrogen and oxygen atoms in total. The van der Waals surface area contributed by atoms with E-state index >= 15 is 0 Å². The van der Waals surface area contributed by atoms with Crippen LogP contribution in [0.25, 0.3) is 11.0 Å². The predicted molar refractivity (Wildman–Crippen MR) is 103 cm³/mol. The average Bonchev–Trinajstić information content (AvgIpc) is 3.36. The summed E-state index contributed by atoms with van der Waals surface area (Å²) in [6.07, 6.45) is 3.72. The van der Waals surface area contributed by atoms with Crippen molar-refractivity contribution in [3.63, 3.8) is 0 Å². The number of hydrogen-bond acceptors (Lipinski definition) is 5. The first-order valence-corrected chi connectivity index (χ1v) is 10.0. The van der Waals surface area contributed by atoms with Crippen LogP contribution in [0, 0.1) is 5.92 Å². The summed E-state index contributed by atoms with van der Waals surface area (Å²) in [4.78, 5) is 16.2. The van der Waals surface area contributed by atoms with E-state index in [2.05, 4.69) is 16.3 Å². The molecule has 1 aliphatic carbocycles. The second-order valence-electron chi connectivity index (χ2n) is 7.25. The van der Waals surface area contributed by atoms with Gasteiger partial charge in [0.2, 0.25) is 0 Å². The Morgan fingerprint density at radius 2 is 2.15 bits per heavy atom. The zero-order chi connectivity index (χ0) is 17.7. The van der Waals surface area contributed by atoms with Crippen LogP contribution < -0.4 is 10.4 Å². The van der Waals surface area contributed by atoms with E-state index in [-0.39, 0.29) is 5.63 Å². The van der Waals surface area contributed by atoms with E-state index < -0.39 is 0 Å². The fourth-order valence-corrected chi connectivity index (χ4v) is 5.14. The summed E-state index contributed by atoms with van der Waals surface area (Å²) in [5.41, 5.74) is 2.86. The van der Waals surface area contributed by atoms with Crippen molar-refractivity contribution in [1.82, 2.24) is 4.90 Å². The number of methoxy groups -OCH3 is 1. The van der Waals surface area contributed by atoms with Crippen LogP contribution in [0.2, 0.25) is 0 Å². The Labute approximate surface area is 156 Å². The van der Waals surface area contributed by atoms with Crippen molar-refractivity contribution in [2.24, 2.45) is 5.92 Å². The van der Waals surface area contributed by atoms with Crippen LogP contribution in [0.3, 0.4) is 0 Å². The molecule has 26 heavy (non-hydrogen) atoms. The number of ether oxygens (including phenoxy) is 1. The highest BCUT2D eigenvalue weighted by molar-refractivity contribution is 7.10. The minimum absolute atomic E-state index is 0.294. The maximum Gasteiger partial charge on any atom is 0.336 e. The van der Waals surface area contributed by atoms with Crippen LogP contribution in [0.4, 0.5) is 0 Å². The Bertz CT molecular complexity index is 1020. The van der Waals surface area contributed by atoms with Gasteiger partial charge in [-0.25, -0.2) is 4.79 Å². The summed E-state index contributed by atoms with van der Waals surface area (Å²) < 4.78 is 10.7. The van der Waals surface area contributed by atoms with E-state index in [9.17, 15) is 4.79 Å². The zero-order valence-electron chi connectivity index (χ0n) is 14.7. The molecular weight excluding hydrogens is 346 g/mol. The van der Waals surface area contributed by atoms with Crippen LogP contribution in [0.15, 0.2) is 44.9 Å². The molecule has 134 valence electrons. The van der Waals surface area contributed by atoms with E-state index in [0.717, 1.165) is 36.4 Å². The molecule has 0 amide bonds. The fraction of sp³-hybridized carbons (Fsp3) is 0.381. The summed E-state index contributed by atoms with van der Waals surface area (Å²) in [5.74, 6) is 1.46. The molecule has 3 heterocycles. The lowest BCUT2D eigenvalue weighted by molar-refractivity contribution is 0.158. The molecular formula is C21H21NO3S. The van der Waals surface area contributed by atoms with Gasteiger partial charge in [0.15, 0.2) is 0 Å². The Morgan fingerprint density at radius 1 is 1.27 bits per heavy atom. The quantitative estimate of drug-likeness (QED) is 0.642. The Balaban J connectivity index is 1.54. The van der Waals surface area contributed by atoms with Crippen LogP contribution in [-0.4, -0.2) is 18.6 Å². The van der Waals surface area contributed by atoms with Crippen LogP contribution in [0.5, 0.6) is 5.75 Å². The third-order valence-corrected chi connectivity index (χ3v) is 6.59. The number of thiophene rings is 1. The molecule has 2 aliphatic rings. The lowest BCUT2D eigenvalue weighted by atomic mass is 9.95. The smallest absolute Gasteiger partial charge is 0.336 e. The Hall–Kier alpha value is -2.11. The minimum atomic E-state index is -0.294. The highest BCUT2D eigenvalue weighted by Gasteiger charge is 2.39. The molecule has 1 saturated carbocycles. The molecule has 1 aromatic carbocycles. The highest BCUT2D eigenvalue weighted by atomic mass is 32.1. The molecule has 5 heteroatoms. The lowest BCUT2D eigenvalue weighted by Gasteiger charge is -2.36. The number of nitrogens with zero attached hydrogens (tertiary/aromatic N) is 1. The average molecular weight is 367 g/mol. The maximum atomic E-state index is 12.1. The molecule has 0 unspecified atom stereocenters. The van der Waals surface area contributed by atoms with Crippen molar-refractivity contribution in [3.8, 4) is 5.75 Å². The van der Waals surface area contributed by atoms with Gasteiger partial charge in [0.25, 0.3) is 0 Å². The third kappa shape index (κ3) is 2.75. The topological polar surface area (TPSA) is 42.7 Å². The first kappa shape index (κ1) is 16.1. The SMILES string of the molecule is COc1ccc2c(CN3CCc4sccc4[C@@H]3C3CC3)cc(=O)oc2c1. The van der Waals surface area contributed by atoms with Gasteiger partial charge in [0, 0.05) is 41.5 Å². The molecule has 0 radical (unpaired) electrons. The van der Waals surface area contributed by atoms with E-state index in [4.69, 9.17) is 9.15 Å². The predicted octanol–water partition coefficient (Wildman–Crippen LogP) is 4.37. The van der Waals surface area contributed by atoms with Crippen molar-refractivity contribution >= 4 is 22.3 Å². The first-order valence-electron chi connectivity index (χ1n) is 9.14. The monoisotopic (exact) mass is 367 g/mol. The van der Waals surface area contributed by atoms with Crippen molar-refractivity contribution in [3.05, 3.63) is 62.1 Å². The zero-order valence-corrected chi connectivity index (χ0v) is 15.6. The van der Waals surface area contributed by atoms with E-state index in [1.807, 2.05) is 23.5 Å². The summed E-state index contributed by atoms with van der Waals surface area (Å²) in [6.45, 7) is 1.83. The van der Waals surface area contributed by atoms with Crippen LogP contribution in [0.1, 0.15) is 34.9 Å². The highest BCUT2D eigenvalue weighted by Crippen LogP contribution is 2.48. The molecule has 1 fully saturated rings.